The molecular weight excluding hydrogens is 378 g/mol. The molecule has 0 radical (unpaired) electrons. The molecule has 0 unspecified atom stereocenters. The van der Waals surface area contributed by atoms with Gasteiger partial charge in [0, 0.05) is 5.56 Å². The van der Waals surface area contributed by atoms with Crippen LogP contribution >= 0.6 is 0 Å². The Morgan fingerprint density at radius 1 is 0.889 bits per heavy atom. The molecule has 140 valence electrons. The molecule has 0 spiro atoms. The first-order valence-corrected chi connectivity index (χ1v) is 7.28. The van der Waals surface area contributed by atoms with Crippen LogP contribution in [0.2, 0.25) is 0 Å². The van der Waals surface area contributed by atoms with E-state index in [1.807, 2.05) is 0 Å². The molecule has 0 saturated heterocycles. The van der Waals surface area contributed by atoms with Gasteiger partial charge in [-0.05, 0) is 42.5 Å². The summed E-state index contributed by atoms with van der Waals surface area (Å²) >= 11 is 0. The highest BCUT2D eigenvalue weighted by Crippen LogP contribution is 2.36. The highest BCUT2D eigenvalue weighted by molar-refractivity contribution is 5.72. The number of carbonyl (C=O) groups is 1. The van der Waals surface area contributed by atoms with Crippen molar-refractivity contribution in [3.05, 3.63) is 71.2 Å². The second-order valence-electron chi connectivity index (χ2n) is 5.33. The molecular formula is C18H8F6O3. The number of hydrogen-bond acceptors (Lipinski definition) is 3. The van der Waals surface area contributed by atoms with E-state index < -0.39 is 40.7 Å². The van der Waals surface area contributed by atoms with Crippen molar-refractivity contribution >= 4 is 6.29 Å². The molecule has 0 N–H and O–H groups in total. The van der Waals surface area contributed by atoms with Gasteiger partial charge >= 0.3 is 6.18 Å². The third kappa shape index (κ3) is 3.81. The Labute approximate surface area is 147 Å². The number of aldehydes is 1. The number of alkyl halides is 3. The van der Waals surface area contributed by atoms with Gasteiger partial charge in [0.25, 0.3) is 0 Å². The van der Waals surface area contributed by atoms with Crippen molar-refractivity contribution in [2.45, 2.75) is 6.18 Å². The fourth-order valence-electron chi connectivity index (χ4n) is 2.24. The first-order chi connectivity index (χ1) is 12.7. The number of hydrogen-bond donors (Lipinski definition) is 0. The van der Waals surface area contributed by atoms with Crippen LogP contribution < -0.4 is 4.74 Å². The SMILES string of the molecule is O=Cc1ccc(-c2ccc(Oc3c(F)cc(C(F)(F)F)cc3F)c(F)c2)o1. The summed E-state index contributed by atoms with van der Waals surface area (Å²) in [5, 5.41) is 0. The lowest BCUT2D eigenvalue weighted by Crippen LogP contribution is -2.07. The molecule has 0 fully saturated rings. The van der Waals surface area contributed by atoms with Crippen LogP contribution in [0.15, 0.2) is 46.9 Å². The fraction of sp³-hybridized carbons (Fsp3) is 0.0556. The lowest BCUT2D eigenvalue weighted by atomic mass is 10.1. The first-order valence-electron chi connectivity index (χ1n) is 7.28. The molecule has 3 rings (SSSR count). The van der Waals surface area contributed by atoms with Gasteiger partial charge in [0.15, 0.2) is 41.0 Å². The largest absolute Gasteiger partial charge is 0.453 e. The van der Waals surface area contributed by atoms with Gasteiger partial charge in [-0.2, -0.15) is 13.2 Å². The monoisotopic (exact) mass is 386 g/mol. The summed E-state index contributed by atoms with van der Waals surface area (Å²) in [5.41, 5.74) is -1.33. The smallest absolute Gasteiger partial charge is 0.416 e. The molecule has 0 saturated carbocycles. The minimum atomic E-state index is -4.95. The minimum absolute atomic E-state index is 0.0135. The molecule has 0 atom stereocenters. The van der Waals surface area contributed by atoms with Gasteiger partial charge in [-0.1, -0.05) is 0 Å². The zero-order chi connectivity index (χ0) is 19.8. The van der Waals surface area contributed by atoms with Gasteiger partial charge in [-0.3, -0.25) is 4.79 Å². The molecule has 27 heavy (non-hydrogen) atoms. The van der Waals surface area contributed by atoms with Gasteiger partial charge < -0.3 is 9.15 Å². The summed E-state index contributed by atoms with van der Waals surface area (Å²) in [6, 6.07) is 6.09. The van der Waals surface area contributed by atoms with E-state index in [-0.39, 0.29) is 29.2 Å². The van der Waals surface area contributed by atoms with Crippen LogP contribution in [0.4, 0.5) is 26.3 Å². The Balaban J connectivity index is 1.91. The number of carbonyl (C=O) groups excluding carboxylic acids is 1. The number of benzene rings is 2. The summed E-state index contributed by atoms with van der Waals surface area (Å²) < 4.78 is 89.3. The van der Waals surface area contributed by atoms with Crippen molar-refractivity contribution in [1.82, 2.24) is 0 Å². The lowest BCUT2D eigenvalue weighted by molar-refractivity contribution is -0.138. The maximum atomic E-state index is 14.2. The number of rotatable bonds is 4. The minimum Gasteiger partial charge on any atom is -0.453 e. The average Bonchev–Trinajstić information content (AvgIpc) is 3.07. The topological polar surface area (TPSA) is 39.4 Å². The molecule has 0 aliphatic heterocycles. The molecule has 3 aromatic rings. The van der Waals surface area contributed by atoms with Crippen LogP contribution in [0.25, 0.3) is 11.3 Å². The summed E-state index contributed by atoms with van der Waals surface area (Å²) in [6.07, 6.45) is -4.50. The summed E-state index contributed by atoms with van der Waals surface area (Å²) in [5.74, 6) is -5.92. The molecule has 2 aromatic carbocycles. The van der Waals surface area contributed by atoms with Gasteiger partial charge in [-0.25, -0.2) is 13.2 Å². The fourth-order valence-corrected chi connectivity index (χ4v) is 2.24. The molecule has 9 heteroatoms. The standard InChI is InChI=1S/C18H8F6O3/c19-12-5-9(15-4-2-11(8-25)26-15)1-3-16(12)27-17-13(20)6-10(7-14(17)21)18(22,23)24/h1-8H. The molecule has 0 bridgehead atoms. The molecule has 0 aliphatic carbocycles. The quantitative estimate of drug-likeness (QED) is 0.409. The Morgan fingerprint density at radius 2 is 1.56 bits per heavy atom. The normalized spacial score (nSPS) is 11.5. The molecule has 3 nitrogen and oxygen atoms in total. The van der Waals surface area contributed by atoms with Crippen LogP contribution in [-0.2, 0) is 6.18 Å². The zero-order valence-electron chi connectivity index (χ0n) is 13.1. The maximum absolute atomic E-state index is 14.2. The van der Waals surface area contributed by atoms with Crippen molar-refractivity contribution in [2.75, 3.05) is 0 Å². The zero-order valence-corrected chi connectivity index (χ0v) is 13.1. The van der Waals surface area contributed by atoms with Crippen molar-refractivity contribution in [2.24, 2.45) is 0 Å². The van der Waals surface area contributed by atoms with E-state index >= 15 is 0 Å². The molecule has 1 heterocycles. The molecule has 0 amide bonds. The van der Waals surface area contributed by atoms with Gasteiger partial charge in [0.2, 0.25) is 0 Å². The van der Waals surface area contributed by atoms with Gasteiger partial charge in [-0.15, -0.1) is 0 Å². The van der Waals surface area contributed by atoms with Crippen LogP contribution in [0.3, 0.4) is 0 Å². The maximum Gasteiger partial charge on any atom is 0.416 e. The van der Waals surface area contributed by atoms with E-state index in [2.05, 4.69) is 0 Å². The van der Waals surface area contributed by atoms with Gasteiger partial charge in [0.05, 0.1) is 5.56 Å². The van der Waals surface area contributed by atoms with Crippen LogP contribution in [0.1, 0.15) is 16.1 Å². The van der Waals surface area contributed by atoms with E-state index in [0.717, 1.165) is 12.1 Å². The second kappa shape index (κ2) is 6.82. The third-order valence-corrected chi connectivity index (χ3v) is 3.50. The predicted octanol–water partition coefficient (Wildman–Crippen LogP) is 5.99. The summed E-state index contributed by atoms with van der Waals surface area (Å²) in [6.45, 7) is 0. The third-order valence-electron chi connectivity index (χ3n) is 3.50. The predicted molar refractivity (Wildman–Crippen MR) is 80.9 cm³/mol. The van der Waals surface area contributed by atoms with E-state index in [0.29, 0.717) is 6.29 Å². The van der Waals surface area contributed by atoms with E-state index in [1.54, 1.807) is 0 Å². The van der Waals surface area contributed by atoms with E-state index in [4.69, 9.17) is 9.15 Å². The van der Waals surface area contributed by atoms with Crippen molar-refractivity contribution < 1.29 is 40.3 Å². The summed E-state index contributed by atoms with van der Waals surface area (Å²) in [4.78, 5) is 10.6. The van der Waals surface area contributed by atoms with Gasteiger partial charge in [0.1, 0.15) is 5.76 Å². The van der Waals surface area contributed by atoms with Crippen molar-refractivity contribution in [3.8, 4) is 22.8 Å². The Bertz CT molecular complexity index is 984. The molecule has 0 aliphatic rings. The van der Waals surface area contributed by atoms with Crippen LogP contribution in [0.5, 0.6) is 11.5 Å². The Kier molecular flexibility index (Phi) is 4.69. The van der Waals surface area contributed by atoms with Crippen LogP contribution in [-0.4, -0.2) is 6.29 Å². The summed E-state index contributed by atoms with van der Waals surface area (Å²) in [7, 11) is 0. The number of halogens is 6. The lowest BCUT2D eigenvalue weighted by Gasteiger charge is -2.12. The average molecular weight is 386 g/mol. The number of furan rings is 1. The second-order valence-corrected chi connectivity index (χ2v) is 5.33. The van der Waals surface area contributed by atoms with Crippen molar-refractivity contribution in [1.29, 1.82) is 0 Å². The van der Waals surface area contributed by atoms with Crippen molar-refractivity contribution in [3.63, 3.8) is 0 Å². The Morgan fingerprint density at radius 3 is 2.07 bits per heavy atom. The highest BCUT2D eigenvalue weighted by atomic mass is 19.4. The highest BCUT2D eigenvalue weighted by Gasteiger charge is 2.33. The molecule has 1 aromatic heterocycles. The van der Waals surface area contributed by atoms with E-state index in [9.17, 15) is 31.1 Å². The number of ether oxygens (including phenoxy) is 1. The Hall–Kier alpha value is -3.23. The first kappa shape index (κ1) is 18.6. The van der Waals surface area contributed by atoms with E-state index in [1.165, 1.54) is 18.2 Å². The van der Waals surface area contributed by atoms with Crippen LogP contribution in [0, 0.1) is 17.5 Å².